The number of ether oxygens (including phenoxy) is 1. The van der Waals surface area contributed by atoms with Gasteiger partial charge in [0.05, 0.1) is 11.1 Å². The summed E-state index contributed by atoms with van der Waals surface area (Å²) < 4.78 is 5.80. The van der Waals surface area contributed by atoms with Crippen LogP contribution in [0.25, 0.3) is 0 Å². The Bertz CT molecular complexity index is 1320. The maximum atomic E-state index is 13.8. The van der Waals surface area contributed by atoms with Crippen molar-refractivity contribution in [1.82, 2.24) is 5.32 Å². The van der Waals surface area contributed by atoms with E-state index in [-0.39, 0.29) is 45.6 Å². The number of phenols is 2. The van der Waals surface area contributed by atoms with E-state index in [1.54, 1.807) is 13.8 Å². The molecule has 0 saturated carbocycles. The van der Waals surface area contributed by atoms with Crippen LogP contribution < -0.4 is 10.1 Å². The van der Waals surface area contributed by atoms with Gasteiger partial charge in [-0.05, 0) is 53.0 Å². The van der Waals surface area contributed by atoms with Crippen LogP contribution in [0, 0.1) is 6.92 Å². The Hall–Kier alpha value is -3.87. The van der Waals surface area contributed by atoms with E-state index in [0.29, 0.717) is 5.70 Å². The number of ketones is 3. The van der Waals surface area contributed by atoms with Crippen LogP contribution in [0.1, 0.15) is 61.2 Å². The number of rotatable bonds is 6. The molecule has 0 radical (unpaired) electrons. The minimum atomic E-state index is -1.51. The van der Waals surface area contributed by atoms with E-state index in [1.807, 2.05) is 25.1 Å². The topological polar surface area (TPSA) is 113 Å². The van der Waals surface area contributed by atoms with Gasteiger partial charge in [-0.3, -0.25) is 14.4 Å². The summed E-state index contributed by atoms with van der Waals surface area (Å²) in [6.45, 7) is 7.95. The molecule has 1 aliphatic heterocycles. The lowest BCUT2D eigenvalue weighted by molar-refractivity contribution is -0.123. The van der Waals surface area contributed by atoms with Crippen LogP contribution >= 0.6 is 0 Å². The molecule has 182 valence electrons. The first-order valence-corrected chi connectivity index (χ1v) is 11.6. The number of benzene rings is 2. The predicted molar refractivity (Wildman–Crippen MR) is 131 cm³/mol. The van der Waals surface area contributed by atoms with Crippen molar-refractivity contribution < 1.29 is 29.3 Å². The Morgan fingerprint density at radius 2 is 1.77 bits per heavy atom. The standard InChI is InChI=1S/C28H29NO6/c1-14(11-12-18-9-7-6-8-10-18)29-16(3)21-19(31)13-20-28(5,27(21)34)23-25(33)15(2)24(32)22(17(4)30)26(23)35-20/h6-10,13-14,29,32-33H,11-12H2,1-5H3/b21-16+/t14?,28-/m1/s1. The number of hydrogen-bond acceptors (Lipinski definition) is 7. The molecule has 1 unspecified atom stereocenters. The van der Waals surface area contributed by atoms with E-state index in [0.717, 1.165) is 12.8 Å². The van der Waals surface area contributed by atoms with Gasteiger partial charge in [0.2, 0.25) is 0 Å². The molecule has 0 saturated heterocycles. The van der Waals surface area contributed by atoms with Gasteiger partial charge in [0, 0.05) is 23.4 Å². The molecule has 7 heteroatoms. The summed E-state index contributed by atoms with van der Waals surface area (Å²) >= 11 is 0. The van der Waals surface area contributed by atoms with Crippen molar-refractivity contribution in [2.24, 2.45) is 0 Å². The number of nitrogens with one attached hydrogen (secondary N) is 1. The van der Waals surface area contributed by atoms with Gasteiger partial charge in [-0.2, -0.15) is 0 Å². The molecule has 0 aromatic heterocycles. The highest BCUT2D eigenvalue weighted by molar-refractivity contribution is 6.31. The number of fused-ring (bicyclic) bond motifs is 3. The van der Waals surface area contributed by atoms with Crippen LogP contribution in [0.3, 0.4) is 0 Å². The molecule has 0 amide bonds. The van der Waals surface area contributed by atoms with Gasteiger partial charge >= 0.3 is 0 Å². The van der Waals surface area contributed by atoms with Crippen LogP contribution in [-0.4, -0.2) is 33.6 Å². The summed E-state index contributed by atoms with van der Waals surface area (Å²) in [5, 5.41) is 24.6. The van der Waals surface area contributed by atoms with E-state index < -0.39 is 28.5 Å². The Balaban J connectivity index is 1.72. The lowest BCUT2D eigenvalue weighted by Gasteiger charge is -2.29. The van der Waals surface area contributed by atoms with E-state index in [2.05, 4.69) is 17.4 Å². The van der Waals surface area contributed by atoms with Crippen LogP contribution in [-0.2, 0) is 21.4 Å². The summed E-state index contributed by atoms with van der Waals surface area (Å²) in [4.78, 5) is 39.2. The second-order valence-electron chi connectivity index (χ2n) is 9.46. The smallest absolute Gasteiger partial charge is 0.194 e. The quantitative estimate of drug-likeness (QED) is 0.326. The fraction of sp³-hybridized carbons (Fsp3) is 0.321. The molecule has 1 aliphatic carbocycles. The molecule has 4 rings (SSSR count). The van der Waals surface area contributed by atoms with Gasteiger partial charge in [0.25, 0.3) is 0 Å². The highest BCUT2D eigenvalue weighted by Gasteiger charge is 2.56. The lowest BCUT2D eigenvalue weighted by atomic mass is 9.70. The zero-order chi connectivity index (χ0) is 25.7. The Morgan fingerprint density at radius 1 is 1.11 bits per heavy atom. The Kier molecular flexibility index (Phi) is 6.05. The molecule has 0 spiro atoms. The zero-order valence-electron chi connectivity index (χ0n) is 20.5. The molecule has 7 nitrogen and oxygen atoms in total. The third kappa shape index (κ3) is 3.81. The van der Waals surface area contributed by atoms with E-state index in [4.69, 9.17) is 4.74 Å². The van der Waals surface area contributed by atoms with Crippen molar-refractivity contribution in [2.75, 3.05) is 0 Å². The number of aryl methyl sites for hydroxylation is 1. The molecule has 0 bridgehead atoms. The number of aromatic hydroxyl groups is 2. The highest BCUT2D eigenvalue weighted by atomic mass is 16.5. The maximum Gasteiger partial charge on any atom is 0.194 e. The van der Waals surface area contributed by atoms with Crippen molar-refractivity contribution in [3.63, 3.8) is 0 Å². The fourth-order valence-corrected chi connectivity index (χ4v) is 4.90. The van der Waals surface area contributed by atoms with Crippen molar-refractivity contribution in [3.05, 3.63) is 75.7 Å². The third-order valence-corrected chi connectivity index (χ3v) is 6.93. The molecule has 2 aromatic carbocycles. The van der Waals surface area contributed by atoms with Gasteiger partial charge < -0.3 is 20.3 Å². The Morgan fingerprint density at radius 3 is 2.40 bits per heavy atom. The lowest BCUT2D eigenvalue weighted by Crippen LogP contribution is -2.41. The maximum absolute atomic E-state index is 13.8. The molecular formula is C28H29NO6. The summed E-state index contributed by atoms with van der Waals surface area (Å²) in [7, 11) is 0. The molecule has 3 N–H and O–H groups in total. The van der Waals surface area contributed by atoms with Gasteiger partial charge in [0.15, 0.2) is 17.3 Å². The largest absolute Gasteiger partial charge is 0.507 e. The molecule has 2 aromatic rings. The minimum absolute atomic E-state index is 0.00878. The van der Waals surface area contributed by atoms with Gasteiger partial charge in [-0.1, -0.05) is 30.3 Å². The molecule has 1 heterocycles. The van der Waals surface area contributed by atoms with Crippen LogP contribution in [0.4, 0.5) is 0 Å². The normalized spacial score (nSPS) is 21.0. The summed E-state index contributed by atoms with van der Waals surface area (Å²) in [6.07, 6.45) is 2.86. The Labute approximate surface area is 204 Å². The van der Waals surface area contributed by atoms with E-state index in [9.17, 15) is 24.6 Å². The number of carbonyl (C=O) groups is 3. The average molecular weight is 476 g/mol. The van der Waals surface area contributed by atoms with Crippen molar-refractivity contribution >= 4 is 17.3 Å². The molecule has 0 fully saturated rings. The van der Waals surface area contributed by atoms with Crippen LogP contribution in [0.15, 0.2) is 53.4 Å². The first-order chi connectivity index (χ1) is 16.5. The third-order valence-electron chi connectivity index (χ3n) is 6.93. The van der Waals surface area contributed by atoms with Crippen molar-refractivity contribution in [2.45, 2.75) is 58.9 Å². The highest BCUT2D eigenvalue weighted by Crippen LogP contribution is 2.57. The van der Waals surface area contributed by atoms with Gasteiger partial charge in [-0.15, -0.1) is 0 Å². The first kappa shape index (κ1) is 24.3. The SMILES string of the molecule is CC(=O)c1c(O)c(C)c(O)c2c1OC1=CC(=O)/C(=C(/C)NC(C)CCc3ccccc3)C(=O)[C@]12C. The zero-order valence-corrected chi connectivity index (χ0v) is 20.5. The van der Waals surface area contributed by atoms with E-state index >= 15 is 0 Å². The number of phenolic OH excluding ortho intramolecular Hbond substituents is 2. The molecule has 2 aliphatic rings. The second-order valence-corrected chi connectivity index (χ2v) is 9.46. The summed E-state index contributed by atoms with van der Waals surface area (Å²) in [6, 6.07) is 10.0. The monoisotopic (exact) mass is 475 g/mol. The first-order valence-electron chi connectivity index (χ1n) is 11.6. The van der Waals surface area contributed by atoms with Crippen LogP contribution in [0.5, 0.6) is 17.2 Å². The predicted octanol–water partition coefficient (Wildman–Crippen LogP) is 4.18. The van der Waals surface area contributed by atoms with Gasteiger partial charge in [-0.25, -0.2) is 0 Å². The number of carbonyl (C=O) groups excluding carboxylic acids is 3. The van der Waals surface area contributed by atoms with Gasteiger partial charge in [0.1, 0.15) is 34.0 Å². The second kappa shape index (κ2) is 8.73. The van der Waals surface area contributed by atoms with Crippen molar-refractivity contribution in [3.8, 4) is 17.2 Å². The number of hydrogen-bond donors (Lipinski definition) is 3. The summed E-state index contributed by atoms with van der Waals surface area (Å²) in [5.41, 5.74) is 0.139. The summed E-state index contributed by atoms with van der Waals surface area (Å²) in [5.74, 6) is -2.33. The molecular weight excluding hydrogens is 446 g/mol. The van der Waals surface area contributed by atoms with Crippen molar-refractivity contribution in [1.29, 1.82) is 0 Å². The van der Waals surface area contributed by atoms with E-state index in [1.165, 1.54) is 25.5 Å². The molecule has 2 atom stereocenters. The fourth-order valence-electron chi connectivity index (χ4n) is 4.90. The number of Topliss-reactive ketones (excluding diaryl/α,β-unsaturated/α-hetero) is 2. The minimum Gasteiger partial charge on any atom is -0.507 e. The molecule has 35 heavy (non-hydrogen) atoms. The van der Waals surface area contributed by atoms with Crippen LogP contribution in [0.2, 0.25) is 0 Å². The average Bonchev–Trinajstić information content (AvgIpc) is 3.09. The number of allylic oxidation sites excluding steroid dienone is 4.